The summed E-state index contributed by atoms with van der Waals surface area (Å²) in [4.78, 5) is 35.7. The van der Waals surface area contributed by atoms with Gasteiger partial charge in [-0.2, -0.15) is 0 Å². The molecular formula is C24H22O15. The zero-order valence-electron chi connectivity index (χ0n) is 19.6. The Morgan fingerprint density at radius 1 is 0.897 bits per heavy atom. The molecule has 0 radical (unpaired) electrons. The number of fused-ring (bicyclic) bond motifs is 1. The number of hydrogen-bond acceptors (Lipinski definition) is 14. The third-order valence-electron chi connectivity index (χ3n) is 5.76. The van der Waals surface area contributed by atoms with Gasteiger partial charge in [0.1, 0.15) is 59.9 Å². The van der Waals surface area contributed by atoms with Gasteiger partial charge in [0, 0.05) is 17.7 Å². The molecule has 15 heteroatoms. The molecule has 2 unspecified atom stereocenters. The molecule has 8 N–H and O–H groups in total. The average Bonchev–Trinajstić information content (AvgIpc) is 2.85. The van der Waals surface area contributed by atoms with Crippen molar-refractivity contribution in [1.82, 2.24) is 0 Å². The Labute approximate surface area is 216 Å². The number of hydrogen-bond donors (Lipinski definition) is 8. The molecule has 15 nitrogen and oxygen atoms in total. The standard InChI is InChI=1S/C24H22O15/c25-9-4-12(28)17-13(5-9)37-22(8-1-2-10(26)11(27)3-8)23(19(17)33)39-24-21(35)20(34)18(32)14(38-24)7-36-16(31)6-15(29)30/h1-5,14,18,20-21,24-28,32,34-35H,6-7H2,(H,29,30)/t14-,18-,20?,21?,24+/m1/s1. The number of carboxylic acids is 1. The number of ether oxygens (including phenoxy) is 3. The zero-order chi connectivity index (χ0) is 28.6. The number of aliphatic hydroxyl groups excluding tert-OH is 3. The maximum atomic E-state index is 13.4. The lowest BCUT2D eigenvalue weighted by molar-refractivity contribution is -0.278. The SMILES string of the molecule is O=C(O)CC(=O)OC[C@H]1O[C@@H](Oc2c(-c3ccc(O)c(O)c3)oc3cc(O)cc(O)c3c2=O)C(O)C(O)[C@@H]1O. The highest BCUT2D eigenvalue weighted by Crippen LogP contribution is 2.39. The molecule has 1 aliphatic heterocycles. The van der Waals surface area contributed by atoms with Gasteiger partial charge in [-0.15, -0.1) is 0 Å². The van der Waals surface area contributed by atoms with Gasteiger partial charge in [-0.25, -0.2) is 0 Å². The molecule has 0 amide bonds. The van der Waals surface area contributed by atoms with Crippen molar-refractivity contribution in [2.45, 2.75) is 37.1 Å². The highest BCUT2D eigenvalue weighted by molar-refractivity contribution is 5.90. The van der Waals surface area contributed by atoms with E-state index in [1.54, 1.807) is 0 Å². The normalized spacial score (nSPS) is 22.9. The third-order valence-corrected chi connectivity index (χ3v) is 5.76. The van der Waals surface area contributed by atoms with Crippen molar-refractivity contribution < 1.29 is 69.1 Å². The van der Waals surface area contributed by atoms with Crippen molar-refractivity contribution >= 4 is 22.9 Å². The van der Waals surface area contributed by atoms with Crippen LogP contribution in [0.4, 0.5) is 0 Å². The first-order valence-corrected chi connectivity index (χ1v) is 11.2. The van der Waals surface area contributed by atoms with Crippen LogP contribution in [0.3, 0.4) is 0 Å². The average molecular weight is 550 g/mol. The Bertz CT molecular complexity index is 1480. The monoisotopic (exact) mass is 550 g/mol. The number of benzene rings is 2. The molecule has 4 rings (SSSR count). The van der Waals surface area contributed by atoms with Gasteiger partial charge < -0.3 is 59.5 Å². The van der Waals surface area contributed by atoms with Gasteiger partial charge in [-0.05, 0) is 18.2 Å². The quantitative estimate of drug-likeness (QED) is 0.105. The van der Waals surface area contributed by atoms with Crippen LogP contribution < -0.4 is 10.2 Å². The molecule has 39 heavy (non-hydrogen) atoms. The summed E-state index contributed by atoms with van der Waals surface area (Å²) in [5.74, 6) is -6.09. The first-order valence-electron chi connectivity index (χ1n) is 11.2. The van der Waals surface area contributed by atoms with Crippen molar-refractivity contribution in [1.29, 1.82) is 0 Å². The van der Waals surface area contributed by atoms with E-state index in [2.05, 4.69) is 0 Å². The van der Waals surface area contributed by atoms with E-state index in [4.69, 9.17) is 23.7 Å². The number of carboxylic acid groups (broad SMARTS) is 1. The molecule has 0 spiro atoms. The second kappa shape index (κ2) is 10.7. The van der Waals surface area contributed by atoms with E-state index in [0.717, 1.165) is 24.3 Å². The number of aromatic hydroxyl groups is 4. The van der Waals surface area contributed by atoms with Crippen LogP contribution in [0.5, 0.6) is 28.7 Å². The van der Waals surface area contributed by atoms with Crippen molar-refractivity contribution in [3.8, 4) is 40.1 Å². The van der Waals surface area contributed by atoms with E-state index in [0.29, 0.717) is 0 Å². The summed E-state index contributed by atoms with van der Waals surface area (Å²) in [6, 6.07) is 5.14. The number of aliphatic carboxylic acids is 1. The van der Waals surface area contributed by atoms with Crippen LogP contribution in [0.25, 0.3) is 22.3 Å². The van der Waals surface area contributed by atoms with Gasteiger partial charge in [0.15, 0.2) is 17.3 Å². The van der Waals surface area contributed by atoms with Crippen LogP contribution in [0.1, 0.15) is 6.42 Å². The number of aliphatic hydroxyl groups is 3. The zero-order valence-corrected chi connectivity index (χ0v) is 19.6. The van der Waals surface area contributed by atoms with Crippen LogP contribution in [-0.2, 0) is 19.1 Å². The summed E-state index contributed by atoms with van der Waals surface area (Å²) in [6.07, 6.45) is -10.2. The fraction of sp³-hybridized carbons (Fsp3) is 0.292. The molecular weight excluding hydrogens is 528 g/mol. The van der Waals surface area contributed by atoms with E-state index in [9.17, 15) is 50.1 Å². The summed E-state index contributed by atoms with van der Waals surface area (Å²) in [5, 5.41) is 79.0. The molecule has 0 bridgehead atoms. The summed E-state index contributed by atoms with van der Waals surface area (Å²) < 4.78 is 21.4. The predicted molar refractivity (Wildman–Crippen MR) is 125 cm³/mol. The van der Waals surface area contributed by atoms with Gasteiger partial charge in [-0.3, -0.25) is 14.4 Å². The molecule has 1 aromatic heterocycles. The minimum atomic E-state index is -1.99. The molecule has 208 valence electrons. The molecule has 1 aliphatic rings. The summed E-state index contributed by atoms with van der Waals surface area (Å²) in [7, 11) is 0. The summed E-state index contributed by atoms with van der Waals surface area (Å²) in [6.45, 7) is -0.762. The highest BCUT2D eigenvalue weighted by Gasteiger charge is 2.46. The van der Waals surface area contributed by atoms with Crippen LogP contribution in [0, 0.1) is 0 Å². The van der Waals surface area contributed by atoms with Crippen LogP contribution >= 0.6 is 0 Å². The van der Waals surface area contributed by atoms with Crippen molar-refractivity contribution in [3.63, 3.8) is 0 Å². The van der Waals surface area contributed by atoms with Crippen LogP contribution in [0.15, 0.2) is 39.5 Å². The van der Waals surface area contributed by atoms with E-state index in [1.165, 1.54) is 6.07 Å². The molecule has 1 fully saturated rings. The predicted octanol–water partition coefficient (Wildman–Crippen LogP) is -0.513. The Balaban J connectivity index is 1.76. The highest BCUT2D eigenvalue weighted by atomic mass is 16.7. The Hall–Kier alpha value is -4.57. The molecule has 2 heterocycles. The molecule has 3 aromatic rings. The van der Waals surface area contributed by atoms with E-state index < -0.39 is 101 Å². The lowest BCUT2D eigenvalue weighted by atomic mass is 9.99. The first-order chi connectivity index (χ1) is 18.4. The number of carbonyl (C=O) groups is 2. The third kappa shape index (κ3) is 5.51. The molecule has 5 atom stereocenters. The number of esters is 1. The Morgan fingerprint density at radius 2 is 1.62 bits per heavy atom. The summed E-state index contributed by atoms with van der Waals surface area (Å²) >= 11 is 0. The number of carbonyl (C=O) groups excluding carboxylic acids is 1. The van der Waals surface area contributed by atoms with Crippen LogP contribution in [-0.4, -0.2) is 90.1 Å². The fourth-order valence-corrected chi connectivity index (χ4v) is 3.85. The largest absolute Gasteiger partial charge is 0.508 e. The number of phenols is 4. The van der Waals surface area contributed by atoms with Crippen molar-refractivity contribution in [3.05, 3.63) is 40.6 Å². The molecule has 0 aliphatic carbocycles. The van der Waals surface area contributed by atoms with E-state index in [1.807, 2.05) is 0 Å². The fourth-order valence-electron chi connectivity index (χ4n) is 3.85. The van der Waals surface area contributed by atoms with Gasteiger partial charge in [-0.1, -0.05) is 0 Å². The lowest BCUT2D eigenvalue weighted by Gasteiger charge is -2.39. The van der Waals surface area contributed by atoms with Crippen molar-refractivity contribution in [2.75, 3.05) is 6.61 Å². The number of phenolic OH excluding ortho intramolecular Hbond substituents is 4. The second-order valence-electron chi connectivity index (χ2n) is 8.52. The topological polar surface area (TPSA) is 254 Å². The maximum Gasteiger partial charge on any atom is 0.317 e. The molecule has 0 saturated carbocycles. The Morgan fingerprint density at radius 3 is 2.28 bits per heavy atom. The minimum absolute atomic E-state index is 0.0489. The second-order valence-corrected chi connectivity index (χ2v) is 8.52. The maximum absolute atomic E-state index is 13.4. The lowest BCUT2D eigenvalue weighted by Crippen LogP contribution is -2.60. The van der Waals surface area contributed by atoms with Gasteiger partial charge in [0.05, 0.1) is 0 Å². The van der Waals surface area contributed by atoms with E-state index >= 15 is 0 Å². The smallest absolute Gasteiger partial charge is 0.317 e. The van der Waals surface area contributed by atoms with Crippen LogP contribution in [0.2, 0.25) is 0 Å². The van der Waals surface area contributed by atoms with Gasteiger partial charge in [0.2, 0.25) is 17.5 Å². The molecule has 2 aromatic carbocycles. The Kier molecular flexibility index (Phi) is 7.51. The van der Waals surface area contributed by atoms with E-state index in [-0.39, 0.29) is 11.1 Å². The summed E-state index contributed by atoms with van der Waals surface area (Å²) in [5.41, 5.74) is -1.40. The van der Waals surface area contributed by atoms with Gasteiger partial charge in [0.25, 0.3) is 0 Å². The van der Waals surface area contributed by atoms with Gasteiger partial charge >= 0.3 is 11.9 Å². The number of rotatable bonds is 7. The molecule has 1 saturated heterocycles. The minimum Gasteiger partial charge on any atom is -0.508 e. The first kappa shape index (κ1) is 27.5. The van der Waals surface area contributed by atoms with Crippen molar-refractivity contribution in [2.24, 2.45) is 0 Å².